The number of rotatable bonds is 5. The van der Waals surface area contributed by atoms with Gasteiger partial charge in [-0.1, -0.05) is 53.7 Å². The van der Waals surface area contributed by atoms with Crippen LogP contribution in [0.2, 0.25) is 5.02 Å². The number of hydrogen-bond donors (Lipinski definition) is 0. The van der Waals surface area contributed by atoms with Gasteiger partial charge in [-0.2, -0.15) is 0 Å². The highest BCUT2D eigenvalue weighted by molar-refractivity contribution is 8.45. The van der Waals surface area contributed by atoms with E-state index in [1.54, 1.807) is 18.2 Å². The Kier molecular flexibility index (Phi) is 6.08. The van der Waals surface area contributed by atoms with Gasteiger partial charge in [0.2, 0.25) is 5.12 Å². The number of thioether (sulfide) groups is 2. The lowest BCUT2D eigenvalue weighted by Crippen LogP contribution is -1.88. The standard InChI is InChI=1S/C21H13ClN2O4S2/c22-17-10-14(24(26)27)6-8-16(17)19-9-7-15(28-19)11-18-20(25)30-21(23-18)29-12-13-4-2-1-3-5-13/h1-11H,12H2/b18-11-. The molecular weight excluding hydrogens is 444 g/mol. The number of nitrogens with zero attached hydrogens (tertiary/aromatic N) is 2. The molecule has 0 atom stereocenters. The lowest BCUT2D eigenvalue weighted by molar-refractivity contribution is -0.384. The Morgan fingerprint density at radius 2 is 1.97 bits per heavy atom. The van der Waals surface area contributed by atoms with E-state index < -0.39 is 4.92 Å². The average molecular weight is 457 g/mol. The van der Waals surface area contributed by atoms with Crippen molar-refractivity contribution in [2.24, 2.45) is 4.99 Å². The molecule has 0 N–H and O–H groups in total. The number of benzene rings is 2. The maximum absolute atomic E-state index is 12.3. The summed E-state index contributed by atoms with van der Waals surface area (Å²) in [5.41, 5.74) is 1.90. The Balaban J connectivity index is 1.50. The number of carbonyl (C=O) groups is 1. The third-order valence-electron chi connectivity index (χ3n) is 4.14. The molecule has 0 unspecified atom stereocenters. The highest BCUT2D eigenvalue weighted by atomic mass is 35.5. The molecule has 0 fully saturated rings. The van der Waals surface area contributed by atoms with Crippen LogP contribution >= 0.6 is 35.1 Å². The lowest BCUT2D eigenvalue weighted by Gasteiger charge is -2.00. The van der Waals surface area contributed by atoms with Crippen LogP contribution < -0.4 is 0 Å². The van der Waals surface area contributed by atoms with Gasteiger partial charge in [-0.05, 0) is 35.5 Å². The molecule has 0 amide bonds. The van der Waals surface area contributed by atoms with E-state index in [0.717, 1.165) is 23.1 Å². The number of hydrogen-bond acceptors (Lipinski definition) is 7. The van der Waals surface area contributed by atoms with Crippen LogP contribution in [0.4, 0.5) is 5.69 Å². The normalized spacial score (nSPS) is 14.9. The fraction of sp³-hybridized carbons (Fsp3) is 0.0476. The Morgan fingerprint density at radius 1 is 1.17 bits per heavy atom. The first-order valence-electron chi connectivity index (χ1n) is 8.73. The second-order valence-electron chi connectivity index (χ2n) is 6.19. The zero-order valence-electron chi connectivity index (χ0n) is 15.3. The highest BCUT2D eigenvalue weighted by Gasteiger charge is 2.23. The van der Waals surface area contributed by atoms with E-state index in [1.807, 2.05) is 30.3 Å². The van der Waals surface area contributed by atoms with Crippen molar-refractivity contribution in [3.63, 3.8) is 0 Å². The maximum Gasteiger partial charge on any atom is 0.270 e. The first-order chi connectivity index (χ1) is 14.5. The van der Waals surface area contributed by atoms with E-state index in [-0.39, 0.29) is 15.8 Å². The molecule has 6 nitrogen and oxygen atoms in total. The van der Waals surface area contributed by atoms with Gasteiger partial charge in [0.25, 0.3) is 5.69 Å². The van der Waals surface area contributed by atoms with Crippen LogP contribution in [0.25, 0.3) is 17.4 Å². The van der Waals surface area contributed by atoms with Crippen LogP contribution in [-0.2, 0) is 10.5 Å². The fourth-order valence-electron chi connectivity index (χ4n) is 2.70. The summed E-state index contributed by atoms with van der Waals surface area (Å²) in [5.74, 6) is 1.63. The minimum absolute atomic E-state index is 0.0962. The summed E-state index contributed by atoms with van der Waals surface area (Å²) in [6.07, 6.45) is 1.58. The molecule has 0 aliphatic carbocycles. The summed E-state index contributed by atoms with van der Waals surface area (Å²) in [7, 11) is 0. The number of nitro benzene ring substituents is 1. The molecule has 30 heavy (non-hydrogen) atoms. The lowest BCUT2D eigenvalue weighted by atomic mass is 10.1. The summed E-state index contributed by atoms with van der Waals surface area (Å²) < 4.78 is 6.45. The van der Waals surface area contributed by atoms with Crippen molar-refractivity contribution in [1.82, 2.24) is 0 Å². The molecule has 0 saturated carbocycles. The third-order valence-corrected chi connectivity index (χ3v) is 6.53. The molecule has 0 spiro atoms. The number of carbonyl (C=O) groups excluding carboxylic acids is 1. The second-order valence-corrected chi connectivity index (χ2v) is 8.79. The molecule has 1 aromatic heterocycles. The molecule has 4 rings (SSSR count). The predicted molar refractivity (Wildman–Crippen MR) is 122 cm³/mol. The van der Waals surface area contributed by atoms with Gasteiger partial charge >= 0.3 is 0 Å². The zero-order valence-corrected chi connectivity index (χ0v) is 17.7. The Morgan fingerprint density at radius 3 is 2.70 bits per heavy atom. The van der Waals surface area contributed by atoms with E-state index in [4.69, 9.17) is 16.0 Å². The van der Waals surface area contributed by atoms with Crippen LogP contribution in [0, 0.1) is 10.1 Å². The summed E-state index contributed by atoms with van der Waals surface area (Å²) in [4.78, 5) is 27.0. The summed E-state index contributed by atoms with van der Waals surface area (Å²) >= 11 is 8.77. The quantitative estimate of drug-likeness (QED) is 0.250. The van der Waals surface area contributed by atoms with Gasteiger partial charge < -0.3 is 4.42 Å². The number of halogens is 1. The van der Waals surface area contributed by atoms with Crippen LogP contribution in [-0.4, -0.2) is 14.4 Å². The molecule has 2 heterocycles. The fourth-order valence-corrected chi connectivity index (χ4v) is 4.76. The number of nitro groups is 1. The van der Waals surface area contributed by atoms with Crippen LogP contribution in [0.1, 0.15) is 11.3 Å². The Hall–Kier alpha value is -2.81. The van der Waals surface area contributed by atoms with Gasteiger partial charge in [-0.15, -0.1) is 0 Å². The van der Waals surface area contributed by atoms with Gasteiger partial charge in [0.15, 0.2) is 0 Å². The summed E-state index contributed by atoms with van der Waals surface area (Å²) in [6, 6.07) is 17.5. The van der Waals surface area contributed by atoms with Gasteiger partial charge in [-0.3, -0.25) is 14.9 Å². The highest BCUT2D eigenvalue weighted by Crippen LogP contribution is 2.35. The van der Waals surface area contributed by atoms with Crippen molar-refractivity contribution in [3.8, 4) is 11.3 Å². The molecule has 150 valence electrons. The molecule has 0 saturated heterocycles. The number of aliphatic imine (C=N–C) groups is 1. The molecule has 1 aliphatic rings. The summed E-state index contributed by atoms with van der Waals surface area (Å²) in [5, 5.41) is 10.9. The Labute approximate surface area is 185 Å². The monoisotopic (exact) mass is 456 g/mol. The van der Waals surface area contributed by atoms with Gasteiger partial charge in [0.1, 0.15) is 21.6 Å². The largest absolute Gasteiger partial charge is 0.457 e. The first-order valence-corrected chi connectivity index (χ1v) is 10.9. The van der Waals surface area contributed by atoms with Crippen molar-refractivity contribution in [2.45, 2.75) is 5.75 Å². The Bertz CT molecular complexity index is 1190. The first kappa shape index (κ1) is 20.5. The molecule has 1 aliphatic heterocycles. The zero-order chi connectivity index (χ0) is 21.1. The van der Waals surface area contributed by atoms with Crippen LogP contribution in [0.5, 0.6) is 0 Å². The van der Waals surface area contributed by atoms with Crippen molar-refractivity contribution in [3.05, 3.63) is 92.8 Å². The summed E-state index contributed by atoms with van der Waals surface area (Å²) in [6.45, 7) is 0. The van der Waals surface area contributed by atoms with Crippen molar-refractivity contribution in [1.29, 1.82) is 0 Å². The van der Waals surface area contributed by atoms with Gasteiger partial charge in [-0.25, -0.2) is 4.99 Å². The van der Waals surface area contributed by atoms with Crippen LogP contribution in [0.15, 0.2) is 75.8 Å². The number of furan rings is 1. The SMILES string of the molecule is O=C1SC(SCc2ccccc2)=N/C1=C\c1ccc(-c2ccc([N+](=O)[O-])cc2Cl)o1. The average Bonchev–Trinajstić information content (AvgIpc) is 3.34. The topological polar surface area (TPSA) is 85.7 Å². The van der Waals surface area contributed by atoms with E-state index in [9.17, 15) is 14.9 Å². The van der Waals surface area contributed by atoms with Crippen LogP contribution in [0.3, 0.4) is 0 Å². The van der Waals surface area contributed by atoms with E-state index in [0.29, 0.717) is 27.2 Å². The molecule has 0 radical (unpaired) electrons. The van der Waals surface area contributed by atoms with E-state index in [2.05, 4.69) is 4.99 Å². The van der Waals surface area contributed by atoms with E-state index in [1.165, 1.54) is 30.0 Å². The van der Waals surface area contributed by atoms with Crippen molar-refractivity contribution >= 4 is 56.4 Å². The minimum atomic E-state index is -0.511. The third kappa shape index (κ3) is 4.67. The van der Waals surface area contributed by atoms with Gasteiger partial charge in [0.05, 0.1) is 9.95 Å². The van der Waals surface area contributed by atoms with E-state index >= 15 is 0 Å². The molecular formula is C21H13ClN2O4S2. The molecule has 2 aromatic carbocycles. The molecule has 3 aromatic rings. The smallest absolute Gasteiger partial charge is 0.270 e. The molecule has 9 heteroatoms. The minimum Gasteiger partial charge on any atom is -0.457 e. The van der Waals surface area contributed by atoms with Crippen molar-refractivity contribution < 1.29 is 14.1 Å². The van der Waals surface area contributed by atoms with Gasteiger partial charge in [0, 0.05) is 29.5 Å². The second kappa shape index (κ2) is 8.91. The number of non-ortho nitro benzene ring substituents is 1. The molecule has 0 bridgehead atoms. The van der Waals surface area contributed by atoms with Crippen molar-refractivity contribution in [2.75, 3.05) is 0 Å². The maximum atomic E-state index is 12.3. The predicted octanol–water partition coefficient (Wildman–Crippen LogP) is 6.41.